The third-order valence-electron chi connectivity index (χ3n) is 11.0. The number of imidazole rings is 1. The molecule has 3 atom stereocenters. The van der Waals surface area contributed by atoms with Gasteiger partial charge in [0.05, 0.1) is 28.3 Å². The number of aromatic amines is 1. The van der Waals surface area contributed by atoms with Gasteiger partial charge in [-0.15, -0.1) is 0 Å². The van der Waals surface area contributed by atoms with Crippen molar-refractivity contribution in [1.82, 2.24) is 14.9 Å². The Bertz CT molecular complexity index is 1860. The summed E-state index contributed by atoms with van der Waals surface area (Å²) in [5.41, 5.74) is 9.44. The number of hydrogen-bond acceptors (Lipinski definition) is 5. The van der Waals surface area contributed by atoms with Gasteiger partial charge < -0.3 is 19.0 Å². The zero-order chi connectivity index (χ0) is 32.2. The highest BCUT2D eigenvalue weighted by Crippen LogP contribution is 2.50. The maximum atomic E-state index is 13.3. The highest BCUT2D eigenvalue weighted by Gasteiger charge is 2.52. The van der Waals surface area contributed by atoms with Crippen LogP contribution in [0.15, 0.2) is 54.6 Å². The number of likely N-dealkylation sites (tertiary alicyclic amines) is 1. The third-order valence-corrected chi connectivity index (χ3v) is 11.0. The van der Waals surface area contributed by atoms with Crippen LogP contribution in [0.25, 0.3) is 33.3 Å². The average Bonchev–Trinajstić information content (AvgIpc) is 3.76. The maximum Gasteiger partial charge on any atom is 0.494 e. The monoisotopic (exact) mass is 617 g/mol. The lowest BCUT2D eigenvalue weighted by Crippen LogP contribution is -2.43. The molecule has 46 heavy (non-hydrogen) atoms. The number of hydrogen-bond donors (Lipinski definition) is 1. The number of benzene rings is 3. The van der Waals surface area contributed by atoms with Crippen molar-refractivity contribution in [3.8, 4) is 22.3 Å². The normalized spacial score (nSPS) is 24.4. The Morgan fingerprint density at radius 2 is 1.57 bits per heavy atom. The second-order valence-electron chi connectivity index (χ2n) is 15.8. The Morgan fingerprint density at radius 1 is 0.913 bits per heavy atom. The highest BCUT2D eigenvalue weighted by molar-refractivity contribution is 6.62. The van der Waals surface area contributed by atoms with Gasteiger partial charge in [0, 0.05) is 6.04 Å². The molecule has 8 heteroatoms. The second-order valence-corrected chi connectivity index (χ2v) is 15.8. The number of fused-ring (bicyclic) bond motifs is 6. The van der Waals surface area contributed by atoms with E-state index < -0.39 is 5.60 Å². The van der Waals surface area contributed by atoms with E-state index in [4.69, 9.17) is 19.0 Å². The first-order chi connectivity index (χ1) is 21.8. The summed E-state index contributed by atoms with van der Waals surface area (Å²) in [4.78, 5) is 23.8. The van der Waals surface area contributed by atoms with E-state index in [1.807, 2.05) is 25.7 Å². The van der Waals surface area contributed by atoms with Crippen LogP contribution in [-0.4, -0.2) is 50.9 Å². The Hall–Kier alpha value is -3.62. The maximum absolute atomic E-state index is 13.3. The number of amides is 1. The molecule has 2 aliphatic heterocycles. The van der Waals surface area contributed by atoms with Crippen LogP contribution in [0.2, 0.25) is 0 Å². The molecule has 3 heterocycles. The number of nitrogens with one attached hydrogen (secondary N) is 1. The quantitative estimate of drug-likeness (QED) is 0.238. The number of aryl methyl sites for hydroxylation is 2. The minimum Gasteiger partial charge on any atom is -0.444 e. The summed E-state index contributed by atoms with van der Waals surface area (Å²) >= 11 is 0. The van der Waals surface area contributed by atoms with Gasteiger partial charge in [0.25, 0.3) is 0 Å². The van der Waals surface area contributed by atoms with Crippen molar-refractivity contribution >= 4 is 29.7 Å². The molecule has 0 radical (unpaired) electrons. The lowest BCUT2D eigenvalue weighted by Gasteiger charge is -2.35. The van der Waals surface area contributed by atoms with Crippen LogP contribution in [0, 0.1) is 5.92 Å². The molecule has 1 aromatic heterocycles. The van der Waals surface area contributed by atoms with Gasteiger partial charge in [-0.2, -0.15) is 0 Å². The zero-order valence-electron chi connectivity index (χ0n) is 28.1. The molecule has 1 N–H and O–H groups in total. The summed E-state index contributed by atoms with van der Waals surface area (Å²) in [5, 5.41) is 0. The van der Waals surface area contributed by atoms with E-state index in [1.54, 1.807) is 0 Å². The van der Waals surface area contributed by atoms with Crippen molar-refractivity contribution in [2.45, 2.75) is 109 Å². The second kappa shape index (κ2) is 10.2. The molecule has 1 saturated carbocycles. The first-order valence-corrected chi connectivity index (χ1v) is 16.9. The van der Waals surface area contributed by atoms with Crippen molar-refractivity contribution in [3.05, 3.63) is 71.5 Å². The fourth-order valence-corrected chi connectivity index (χ4v) is 7.99. The Morgan fingerprint density at radius 3 is 2.28 bits per heavy atom. The van der Waals surface area contributed by atoms with Crippen LogP contribution in [0.3, 0.4) is 0 Å². The summed E-state index contributed by atoms with van der Waals surface area (Å²) in [6, 6.07) is 20.1. The highest BCUT2D eigenvalue weighted by atomic mass is 16.7. The first-order valence-electron chi connectivity index (χ1n) is 16.9. The van der Waals surface area contributed by atoms with Crippen LogP contribution >= 0.6 is 0 Å². The number of nitrogens with zero attached hydrogens (tertiary/aromatic N) is 2. The van der Waals surface area contributed by atoms with Gasteiger partial charge in [0.15, 0.2) is 0 Å². The van der Waals surface area contributed by atoms with Gasteiger partial charge in [-0.3, -0.25) is 4.90 Å². The Balaban J connectivity index is 1.05. The number of H-pyrrole nitrogens is 1. The van der Waals surface area contributed by atoms with Crippen molar-refractivity contribution in [2.75, 3.05) is 0 Å². The molecule has 0 unspecified atom stereocenters. The summed E-state index contributed by atoms with van der Waals surface area (Å²) in [6.07, 6.45) is 4.92. The van der Waals surface area contributed by atoms with Gasteiger partial charge >= 0.3 is 13.2 Å². The molecule has 1 amide bonds. The molecular weight excluding hydrogens is 573 g/mol. The number of ether oxygens (including phenoxy) is 1. The predicted octanol–water partition coefficient (Wildman–Crippen LogP) is 7.76. The molecule has 3 aromatic carbocycles. The SMILES string of the molecule is CC(C)(C)OC(=O)N1[C@@H]2CC[C@@H](C2)[C@H]1c1nc2ccc(-c3ccc4c(c3)CCc3cc(B5OC(C)(C)C(C)(C)O5)ccc3-4)cc2[nH]1. The lowest BCUT2D eigenvalue weighted by molar-refractivity contribution is 0.00578. The van der Waals surface area contributed by atoms with Gasteiger partial charge in [0.2, 0.25) is 0 Å². The molecule has 2 aliphatic carbocycles. The first kappa shape index (κ1) is 29.8. The average molecular weight is 618 g/mol. The molecular formula is C38H44BN3O4. The van der Waals surface area contributed by atoms with E-state index in [1.165, 1.54) is 27.8 Å². The van der Waals surface area contributed by atoms with Gasteiger partial charge in [-0.05, 0) is 137 Å². The van der Waals surface area contributed by atoms with E-state index in [0.717, 1.165) is 60.0 Å². The van der Waals surface area contributed by atoms with Gasteiger partial charge in [-0.25, -0.2) is 9.78 Å². The Kier molecular flexibility index (Phi) is 6.59. The topological polar surface area (TPSA) is 76.7 Å². The molecule has 7 nitrogen and oxygen atoms in total. The summed E-state index contributed by atoms with van der Waals surface area (Å²) in [7, 11) is -0.346. The number of carbonyl (C=O) groups excluding carboxylic acids is 1. The zero-order valence-corrected chi connectivity index (χ0v) is 28.1. The molecule has 2 saturated heterocycles. The van der Waals surface area contributed by atoms with Crippen LogP contribution in [0.1, 0.15) is 90.7 Å². The number of piperidine rings is 1. The minimum absolute atomic E-state index is 0.0708. The number of carbonyl (C=O) groups is 1. The van der Waals surface area contributed by atoms with E-state index in [9.17, 15) is 4.79 Å². The molecule has 4 aliphatic rings. The Labute approximate surface area is 272 Å². The lowest BCUT2D eigenvalue weighted by atomic mass is 9.75. The van der Waals surface area contributed by atoms with Crippen LogP contribution in [0.5, 0.6) is 0 Å². The van der Waals surface area contributed by atoms with Crippen molar-refractivity contribution < 1.29 is 18.8 Å². The molecule has 238 valence electrons. The van der Waals surface area contributed by atoms with E-state index in [2.05, 4.69) is 87.3 Å². The number of aromatic nitrogens is 2. The van der Waals surface area contributed by atoms with Crippen LogP contribution in [0.4, 0.5) is 4.79 Å². The molecule has 8 rings (SSSR count). The van der Waals surface area contributed by atoms with E-state index in [-0.39, 0.29) is 36.5 Å². The van der Waals surface area contributed by atoms with E-state index >= 15 is 0 Å². The minimum atomic E-state index is -0.527. The molecule has 4 aromatic rings. The summed E-state index contributed by atoms with van der Waals surface area (Å²) in [6.45, 7) is 14.2. The standard InChI is InChI=1S/C38H44BN3O4/c1-36(2,3)44-35(43)42-28-14-10-26(20-28)33(42)34-40-31-17-12-23(21-32(31)41-34)22-11-15-29-24(18-22)8-9-25-19-27(13-16-30(25)29)39-45-37(4,5)38(6,7)46-39/h11-13,15-19,21,26,28,33H,8-10,14,20H2,1-7H3,(H,40,41)/t26-,28+,33-/m0/s1. The fourth-order valence-electron chi connectivity index (χ4n) is 7.99. The largest absolute Gasteiger partial charge is 0.494 e. The van der Waals surface area contributed by atoms with Crippen molar-refractivity contribution in [1.29, 1.82) is 0 Å². The van der Waals surface area contributed by atoms with Crippen LogP contribution < -0.4 is 5.46 Å². The number of rotatable bonds is 3. The summed E-state index contributed by atoms with van der Waals surface area (Å²) in [5.74, 6) is 1.28. The van der Waals surface area contributed by atoms with Crippen molar-refractivity contribution in [3.63, 3.8) is 0 Å². The van der Waals surface area contributed by atoms with Gasteiger partial charge in [0.1, 0.15) is 11.4 Å². The summed E-state index contributed by atoms with van der Waals surface area (Å²) < 4.78 is 18.5. The molecule has 3 fully saturated rings. The molecule has 0 spiro atoms. The van der Waals surface area contributed by atoms with Crippen LogP contribution in [-0.2, 0) is 26.9 Å². The fraction of sp³-hybridized carbons (Fsp3) is 0.474. The smallest absolute Gasteiger partial charge is 0.444 e. The molecule has 2 bridgehead atoms. The van der Waals surface area contributed by atoms with Crippen molar-refractivity contribution in [2.24, 2.45) is 5.92 Å². The third kappa shape index (κ3) is 4.87. The predicted molar refractivity (Wildman–Crippen MR) is 182 cm³/mol. The van der Waals surface area contributed by atoms with Gasteiger partial charge in [-0.1, -0.05) is 42.5 Å². The van der Waals surface area contributed by atoms with E-state index in [0.29, 0.717) is 5.92 Å².